The maximum Gasteiger partial charge on any atom is 0.427 e. The Bertz CT molecular complexity index is 677. The van der Waals surface area contributed by atoms with Crippen molar-refractivity contribution in [2.45, 2.75) is 12.3 Å². The van der Waals surface area contributed by atoms with Gasteiger partial charge >= 0.3 is 6.18 Å². The van der Waals surface area contributed by atoms with Crippen LogP contribution in [0.4, 0.5) is 18.9 Å². The van der Waals surface area contributed by atoms with Crippen LogP contribution in [-0.2, 0) is 0 Å². The molecule has 1 aromatic heterocycles. The average molecular weight is 409 g/mol. The normalized spacial score (nSPS) is 12.6. The van der Waals surface area contributed by atoms with Gasteiger partial charge in [-0.3, -0.25) is 4.79 Å². The lowest BCUT2D eigenvalue weighted by Gasteiger charge is -2.23. The second-order valence-corrected chi connectivity index (χ2v) is 5.81. The second kappa shape index (κ2) is 7.18. The summed E-state index contributed by atoms with van der Waals surface area (Å²) in [4.78, 5) is 15.7. The molecular formula is C14H10BrClF3N3O. The molecule has 9 heteroatoms. The Kier molecular flexibility index (Phi) is 5.48. The number of pyridine rings is 1. The number of nitrogens with one attached hydrogen (secondary N) is 2. The summed E-state index contributed by atoms with van der Waals surface area (Å²) in [5.41, 5.74) is 0.0427. The first-order chi connectivity index (χ1) is 10.8. The Labute approximate surface area is 143 Å². The molecule has 0 saturated heterocycles. The van der Waals surface area contributed by atoms with Crippen molar-refractivity contribution >= 4 is 39.1 Å². The zero-order chi connectivity index (χ0) is 17.0. The molecule has 1 atom stereocenters. The molecule has 2 N–H and O–H groups in total. The summed E-state index contributed by atoms with van der Waals surface area (Å²) in [5, 5.41) is 4.47. The van der Waals surface area contributed by atoms with Crippen LogP contribution in [-0.4, -0.2) is 23.2 Å². The van der Waals surface area contributed by atoms with Crippen LogP contribution >= 0.6 is 27.5 Å². The molecule has 0 bridgehead atoms. The van der Waals surface area contributed by atoms with E-state index in [1.807, 2.05) is 5.32 Å². The smallest absolute Gasteiger partial charge is 0.358 e. The first-order valence-electron chi connectivity index (χ1n) is 6.27. The minimum Gasteiger partial charge on any atom is -0.358 e. The van der Waals surface area contributed by atoms with Gasteiger partial charge in [0.2, 0.25) is 0 Å². The maximum atomic E-state index is 13.1. The number of benzene rings is 1. The van der Waals surface area contributed by atoms with Crippen LogP contribution in [0.5, 0.6) is 0 Å². The van der Waals surface area contributed by atoms with Crippen molar-refractivity contribution in [3.63, 3.8) is 0 Å². The first kappa shape index (κ1) is 17.6. The van der Waals surface area contributed by atoms with Crippen LogP contribution in [0.2, 0.25) is 5.02 Å². The molecule has 1 heterocycles. The fraction of sp³-hybridized carbons (Fsp3) is 0.143. The summed E-state index contributed by atoms with van der Waals surface area (Å²) in [6, 6.07) is 8.47. The number of halogens is 5. The molecule has 0 aliphatic rings. The maximum absolute atomic E-state index is 13.1. The van der Waals surface area contributed by atoms with E-state index >= 15 is 0 Å². The first-order valence-corrected chi connectivity index (χ1v) is 7.44. The molecule has 4 nitrogen and oxygen atoms in total. The molecule has 1 unspecified atom stereocenters. The third-order valence-corrected chi connectivity index (χ3v) is 3.44. The molecule has 0 aliphatic heterocycles. The molecule has 2 aromatic rings. The Morgan fingerprint density at radius 1 is 1.17 bits per heavy atom. The Balaban J connectivity index is 2.14. The molecule has 0 saturated carbocycles. The predicted molar refractivity (Wildman–Crippen MR) is 84.3 cm³/mol. The number of carbonyl (C=O) groups excluding carboxylic acids is 1. The summed E-state index contributed by atoms with van der Waals surface area (Å²) >= 11 is 8.81. The van der Waals surface area contributed by atoms with E-state index < -0.39 is 18.2 Å². The molecule has 122 valence electrons. The van der Waals surface area contributed by atoms with E-state index in [1.165, 1.54) is 42.6 Å². The van der Waals surface area contributed by atoms with Crippen LogP contribution in [0.3, 0.4) is 0 Å². The Morgan fingerprint density at radius 3 is 2.35 bits per heavy atom. The average Bonchev–Trinajstić information content (AvgIpc) is 2.48. The van der Waals surface area contributed by atoms with Crippen molar-refractivity contribution < 1.29 is 18.0 Å². The zero-order valence-corrected chi connectivity index (χ0v) is 13.7. The summed E-state index contributed by atoms with van der Waals surface area (Å²) in [6.45, 7) is 0. The minimum absolute atomic E-state index is 0.125. The number of rotatable bonds is 4. The van der Waals surface area contributed by atoms with E-state index in [9.17, 15) is 18.0 Å². The molecule has 1 aromatic carbocycles. The molecule has 0 spiro atoms. The van der Waals surface area contributed by atoms with Crippen molar-refractivity contribution in [2.75, 3.05) is 5.32 Å². The highest BCUT2D eigenvalue weighted by Crippen LogP contribution is 2.23. The van der Waals surface area contributed by atoms with Crippen molar-refractivity contribution in [3.8, 4) is 0 Å². The molecule has 0 radical (unpaired) electrons. The van der Waals surface area contributed by atoms with Crippen LogP contribution < -0.4 is 10.6 Å². The number of hydrogen-bond acceptors (Lipinski definition) is 3. The van der Waals surface area contributed by atoms with Gasteiger partial charge in [-0.1, -0.05) is 11.6 Å². The Hall–Kier alpha value is -1.80. The van der Waals surface area contributed by atoms with Gasteiger partial charge in [0.15, 0.2) is 6.17 Å². The topological polar surface area (TPSA) is 54.0 Å². The number of amides is 1. The number of anilines is 1. The van der Waals surface area contributed by atoms with E-state index in [1.54, 1.807) is 0 Å². The molecule has 1 amide bonds. The van der Waals surface area contributed by atoms with Gasteiger partial charge in [-0.15, -0.1) is 0 Å². The van der Waals surface area contributed by atoms with Crippen molar-refractivity contribution in [3.05, 3.63) is 57.8 Å². The number of alkyl halides is 3. The number of nitrogens with zero attached hydrogens (tertiary/aromatic N) is 1. The molecule has 0 fully saturated rings. The fourth-order valence-electron chi connectivity index (χ4n) is 1.63. The van der Waals surface area contributed by atoms with Gasteiger partial charge in [-0.25, -0.2) is 4.98 Å². The lowest BCUT2D eigenvalue weighted by Crippen LogP contribution is -2.50. The van der Waals surface area contributed by atoms with Gasteiger partial charge in [0, 0.05) is 21.4 Å². The monoisotopic (exact) mass is 407 g/mol. The van der Waals surface area contributed by atoms with Crippen molar-refractivity contribution in [2.24, 2.45) is 0 Å². The largest absolute Gasteiger partial charge is 0.427 e. The van der Waals surface area contributed by atoms with Gasteiger partial charge in [-0.2, -0.15) is 13.2 Å². The van der Waals surface area contributed by atoms with Gasteiger partial charge in [0.1, 0.15) is 5.69 Å². The Morgan fingerprint density at radius 2 is 1.83 bits per heavy atom. The van der Waals surface area contributed by atoms with Gasteiger partial charge in [0.05, 0.1) is 0 Å². The van der Waals surface area contributed by atoms with Crippen LogP contribution in [0, 0.1) is 0 Å². The zero-order valence-electron chi connectivity index (χ0n) is 11.4. The predicted octanol–water partition coefficient (Wildman–Crippen LogP) is 4.23. The number of carbonyl (C=O) groups is 1. The van der Waals surface area contributed by atoms with Gasteiger partial charge in [-0.05, 0) is 52.3 Å². The molecule has 2 rings (SSSR count). The molecular weight excluding hydrogens is 399 g/mol. The van der Waals surface area contributed by atoms with Crippen LogP contribution in [0.1, 0.15) is 10.5 Å². The van der Waals surface area contributed by atoms with E-state index in [0.29, 0.717) is 9.50 Å². The lowest BCUT2D eigenvalue weighted by atomic mass is 10.3. The summed E-state index contributed by atoms with van der Waals surface area (Å²) in [5.74, 6) is -0.943. The summed E-state index contributed by atoms with van der Waals surface area (Å²) in [7, 11) is 0. The third-order valence-electron chi connectivity index (χ3n) is 2.72. The highest BCUT2D eigenvalue weighted by atomic mass is 79.9. The third kappa shape index (κ3) is 5.11. The minimum atomic E-state index is -4.69. The number of hydrogen-bond donors (Lipinski definition) is 2. The number of aromatic nitrogens is 1. The molecule has 23 heavy (non-hydrogen) atoms. The van der Waals surface area contributed by atoms with E-state index in [4.69, 9.17) is 11.6 Å². The van der Waals surface area contributed by atoms with Gasteiger partial charge < -0.3 is 10.6 Å². The standard InChI is InChI=1S/C14H10BrClF3N3O/c15-8-1-6-11(20-7-8)12(23)22-13(14(17,18)19)21-10-4-2-9(16)3-5-10/h1-7,13,21H,(H,22,23). The fourth-order valence-corrected chi connectivity index (χ4v) is 1.99. The SMILES string of the molecule is O=C(NC(Nc1ccc(Cl)cc1)C(F)(F)F)c1ccc(Br)cn1. The quantitative estimate of drug-likeness (QED) is 0.745. The summed E-state index contributed by atoms with van der Waals surface area (Å²) in [6.07, 6.45) is -5.63. The second-order valence-electron chi connectivity index (χ2n) is 4.46. The van der Waals surface area contributed by atoms with Crippen LogP contribution in [0.15, 0.2) is 47.1 Å². The summed E-state index contributed by atoms with van der Waals surface area (Å²) < 4.78 is 39.9. The van der Waals surface area contributed by atoms with E-state index in [0.717, 1.165) is 0 Å². The highest BCUT2D eigenvalue weighted by Gasteiger charge is 2.41. The van der Waals surface area contributed by atoms with Gasteiger partial charge in [0.25, 0.3) is 5.91 Å². The highest BCUT2D eigenvalue weighted by molar-refractivity contribution is 9.10. The van der Waals surface area contributed by atoms with E-state index in [2.05, 4.69) is 26.2 Å². The van der Waals surface area contributed by atoms with Crippen molar-refractivity contribution in [1.29, 1.82) is 0 Å². The lowest BCUT2D eigenvalue weighted by molar-refractivity contribution is -0.146. The van der Waals surface area contributed by atoms with Crippen LogP contribution in [0.25, 0.3) is 0 Å². The van der Waals surface area contributed by atoms with Crippen molar-refractivity contribution in [1.82, 2.24) is 10.3 Å². The molecule has 0 aliphatic carbocycles. The van der Waals surface area contributed by atoms with E-state index in [-0.39, 0.29) is 11.4 Å².